The number of hydrogen-bond acceptors (Lipinski definition) is 2. The maximum atomic E-state index is 12.0. The Morgan fingerprint density at radius 2 is 1.81 bits per heavy atom. The van der Waals surface area contributed by atoms with Crippen LogP contribution in [-0.4, -0.2) is 18.5 Å². The molecule has 0 aliphatic heterocycles. The van der Waals surface area contributed by atoms with Gasteiger partial charge < -0.3 is 11.1 Å². The lowest BCUT2D eigenvalue weighted by atomic mass is 9.88. The molecular formula is C18H30N2O. The van der Waals surface area contributed by atoms with E-state index in [0.717, 1.165) is 19.3 Å². The Bertz CT molecular complexity index is 403. The molecule has 0 fully saturated rings. The molecule has 1 amide bonds. The number of carbonyl (C=O) groups excluding carboxylic acids is 1. The van der Waals surface area contributed by atoms with Gasteiger partial charge in [-0.15, -0.1) is 0 Å². The third kappa shape index (κ3) is 7.28. The molecule has 0 spiro atoms. The Kier molecular flexibility index (Phi) is 8.06. The van der Waals surface area contributed by atoms with Crippen LogP contribution in [0, 0.1) is 11.8 Å². The number of hydrogen-bond donors (Lipinski definition) is 2. The number of nitrogens with two attached hydrogens (primary N) is 1. The zero-order chi connectivity index (χ0) is 15.7. The summed E-state index contributed by atoms with van der Waals surface area (Å²) in [7, 11) is 0. The molecule has 21 heavy (non-hydrogen) atoms. The molecule has 0 saturated carbocycles. The first-order chi connectivity index (χ1) is 10.0. The van der Waals surface area contributed by atoms with Crippen molar-refractivity contribution in [2.75, 3.05) is 6.54 Å². The summed E-state index contributed by atoms with van der Waals surface area (Å²) in [5.41, 5.74) is 6.90. The fraction of sp³-hybridized carbons (Fsp3) is 0.611. The smallest absolute Gasteiger partial charge is 0.220 e. The van der Waals surface area contributed by atoms with E-state index in [1.807, 2.05) is 18.2 Å². The van der Waals surface area contributed by atoms with Gasteiger partial charge in [-0.25, -0.2) is 0 Å². The van der Waals surface area contributed by atoms with Gasteiger partial charge in [0.15, 0.2) is 0 Å². The van der Waals surface area contributed by atoms with E-state index >= 15 is 0 Å². The highest BCUT2D eigenvalue weighted by molar-refractivity contribution is 5.76. The molecule has 0 radical (unpaired) electrons. The fourth-order valence-electron chi connectivity index (χ4n) is 2.71. The standard InChI is InChI=1S/C18H30N2O/c1-14(2)17(11-12-19)9-10-18(21)20-15(3)13-16-7-5-4-6-8-16/h4-8,14-15,17H,9-13,19H2,1-3H3,(H,20,21). The van der Waals surface area contributed by atoms with Crippen molar-refractivity contribution >= 4 is 5.91 Å². The molecule has 3 nitrogen and oxygen atoms in total. The fourth-order valence-corrected chi connectivity index (χ4v) is 2.71. The maximum Gasteiger partial charge on any atom is 0.220 e. The van der Waals surface area contributed by atoms with Crippen LogP contribution in [0.25, 0.3) is 0 Å². The first-order valence-electron chi connectivity index (χ1n) is 8.06. The summed E-state index contributed by atoms with van der Waals surface area (Å²) >= 11 is 0. The van der Waals surface area contributed by atoms with Crippen LogP contribution in [0.2, 0.25) is 0 Å². The van der Waals surface area contributed by atoms with Crippen molar-refractivity contribution in [3.8, 4) is 0 Å². The van der Waals surface area contributed by atoms with Gasteiger partial charge in [0.25, 0.3) is 0 Å². The predicted octanol–water partition coefficient (Wildman–Crippen LogP) is 3.14. The average molecular weight is 290 g/mol. The Labute approximate surface area is 129 Å². The van der Waals surface area contributed by atoms with Crippen LogP contribution >= 0.6 is 0 Å². The lowest BCUT2D eigenvalue weighted by Gasteiger charge is -2.20. The van der Waals surface area contributed by atoms with Crippen LogP contribution in [0.1, 0.15) is 45.6 Å². The summed E-state index contributed by atoms with van der Waals surface area (Å²) in [6.45, 7) is 7.17. The number of nitrogens with one attached hydrogen (secondary N) is 1. The molecular weight excluding hydrogens is 260 g/mol. The van der Waals surface area contributed by atoms with Gasteiger partial charge in [-0.1, -0.05) is 44.2 Å². The van der Waals surface area contributed by atoms with Crippen molar-refractivity contribution in [2.45, 2.75) is 52.5 Å². The first kappa shape index (κ1) is 17.7. The SMILES string of the molecule is CC(Cc1ccccc1)NC(=O)CCC(CCN)C(C)C. The Morgan fingerprint density at radius 3 is 2.38 bits per heavy atom. The number of rotatable bonds is 9. The highest BCUT2D eigenvalue weighted by Crippen LogP contribution is 2.20. The molecule has 1 aromatic carbocycles. The molecule has 0 bridgehead atoms. The van der Waals surface area contributed by atoms with Crippen LogP contribution in [-0.2, 0) is 11.2 Å². The van der Waals surface area contributed by atoms with Gasteiger partial charge in [0, 0.05) is 12.5 Å². The third-order valence-electron chi connectivity index (χ3n) is 4.01. The molecule has 2 unspecified atom stereocenters. The van der Waals surface area contributed by atoms with Gasteiger partial charge >= 0.3 is 0 Å². The van der Waals surface area contributed by atoms with Gasteiger partial charge in [-0.3, -0.25) is 4.79 Å². The number of carbonyl (C=O) groups is 1. The minimum atomic E-state index is 0.154. The molecule has 0 saturated heterocycles. The largest absolute Gasteiger partial charge is 0.353 e. The second kappa shape index (κ2) is 9.56. The number of benzene rings is 1. The summed E-state index contributed by atoms with van der Waals surface area (Å²) in [5, 5.41) is 3.09. The highest BCUT2D eigenvalue weighted by Gasteiger charge is 2.15. The molecule has 1 aromatic rings. The molecule has 3 N–H and O–H groups in total. The van der Waals surface area contributed by atoms with Gasteiger partial charge in [-0.2, -0.15) is 0 Å². The van der Waals surface area contributed by atoms with Crippen molar-refractivity contribution in [1.82, 2.24) is 5.32 Å². The molecule has 0 heterocycles. The van der Waals surface area contributed by atoms with Crippen molar-refractivity contribution in [2.24, 2.45) is 17.6 Å². The lowest BCUT2D eigenvalue weighted by Crippen LogP contribution is -2.34. The van der Waals surface area contributed by atoms with Gasteiger partial charge in [-0.05, 0) is 50.1 Å². The minimum Gasteiger partial charge on any atom is -0.353 e. The Morgan fingerprint density at radius 1 is 1.14 bits per heavy atom. The van der Waals surface area contributed by atoms with Gasteiger partial charge in [0.05, 0.1) is 0 Å². The van der Waals surface area contributed by atoms with E-state index in [9.17, 15) is 4.79 Å². The zero-order valence-electron chi connectivity index (χ0n) is 13.6. The molecule has 0 aliphatic rings. The molecule has 0 aliphatic carbocycles. The Hall–Kier alpha value is -1.35. The van der Waals surface area contributed by atoms with Crippen molar-refractivity contribution < 1.29 is 4.79 Å². The molecule has 3 heteroatoms. The van der Waals surface area contributed by atoms with E-state index in [4.69, 9.17) is 5.73 Å². The summed E-state index contributed by atoms with van der Waals surface area (Å²) in [6, 6.07) is 10.4. The van der Waals surface area contributed by atoms with E-state index in [-0.39, 0.29) is 11.9 Å². The molecule has 118 valence electrons. The van der Waals surface area contributed by atoms with E-state index in [2.05, 4.69) is 38.2 Å². The summed E-state index contributed by atoms with van der Waals surface area (Å²) in [6.07, 6.45) is 3.41. The summed E-state index contributed by atoms with van der Waals surface area (Å²) < 4.78 is 0. The summed E-state index contributed by atoms with van der Waals surface area (Å²) in [5.74, 6) is 1.29. The van der Waals surface area contributed by atoms with Crippen LogP contribution in [0.4, 0.5) is 0 Å². The van der Waals surface area contributed by atoms with Crippen molar-refractivity contribution in [3.05, 3.63) is 35.9 Å². The van der Waals surface area contributed by atoms with Crippen LogP contribution in [0.15, 0.2) is 30.3 Å². The monoisotopic (exact) mass is 290 g/mol. The molecule has 2 atom stereocenters. The van der Waals surface area contributed by atoms with Crippen molar-refractivity contribution in [3.63, 3.8) is 0 Å². The van der Waals surface area contributed by atoms with E-state index < -0.39 is 0 Å². The van der Waals surface area contributed by atoms with E-state index in [1.165, 1.54) is 5.56 Å². The Balaban J connectivity index is 2.32. The zero-order valence-corrected chi connectivity index (χ0v) is 13.6. The van der Waals surface area contributed by atoms with Gasteiger partial charge in [0.2, 0.25) is 5.91 Å². The quantitative estimate of drug-likeness (QED) is 0.734. The highest BCUT2D eigenvalue weighted by atomic mass is 16.1. The minimum absolute atomic E-state index is 0.154. The first-order valence-corrected chi connectivity index (χ1v) is 8.06. The molecule has 0 aromatic heterocycles. The number of amides is 1. The van der Waals surface area contributed by atoms with Crippen LogP contribution in [0.3, 0.4) is 0 Å². The van der Waals surface area contributed by atoms with E-state index in [1.54, 1.807) is 0 Å². The van der Waals surface area contributed by atoms with Crippen LogP contribution in [0.5, 0.6) is 0 Å². The topological polar surface area (TPSA) is 55.1 Å². The maximum absolute atomic E-state index is 12.0. The predicted molar refractivity (Wildman–Crippen MR) is 89.0 cm³/mol. The van der Waals surface area contributed by atoms with Gasteiger partial charge in [0.1, 0.15) is 0 Å². The third-order valence-corrected chi connectivity index (χ3v) is 4.01. The van der Waals surface area contributed by atoms with E-state index in [0.29, 0.717) is 24.8 Å². The second-order valence-electron chi connectivity index (χ2n) is 6.28. The van der Waals surface area contributed by atoms with Crippen molar-refractivity contribution in [1.29, 1.82) is 0 Å². The normalized spacial score (nSPS) is 14.0. The lowest BCUT2D eigenvalue weighted by molar-refractivity contribution is -0.122. The second-order valence-corrected chi connectivity index (χ2v) is 6.28. The summed E-state index contributed by atoms with van der Waals surface area (Å²) in [4.78, 5) is 12.0. The average Bonchev–Trinajstić information content (AvgIpc) is 2.44. The molecule has 1 rings (SSSR count). The van der Waals surface area contributed by atoms with Crippen LogP contribution < -0.4 is 11.1 Å².